The van der Waals surface area contributed by atoms with Crippen molar-refractivity contribution in [3.63, 3.8) is 0 Å². The Morgan fingerprint density at radius 1 is 1.04 bits per heavy atom. The number of nitrogens with zero attached hydrogens (tertiary/aromatic N) is 2. The maximum atomic E-state index is 12.8. The Balaban J connectivity index is 2.35. The molecule has 3 rings (SSSR count). The number of hydrogen-bond donors (Lipinski definition) is 0. The van der Waals surface area contributed by atoms with Crippen LogP contribution in [-0.2, 0) is 10.0 Å². The van der Waals surface area contributed by atoms with Gasteiger partial charge in [-0.15, -0.1) is 0 Å². The summed E-state index contributed by atoms with van der Waals surface area (Å²) in [4.78, 5) is 21.1. The van der Waals surface area contributed by atoms with Crippen molar-refractivity contribution in [2.45, 2.75) is 4.90 Å². The van der Waals surface area contributed by atoms with Crippen LogP contribution in [0.2, 0.25) is 0 Å². The highest BCUT2D eigenvalue weighted by atomic mass is 32.2. The van der Waals surface area contributed by atoms with Gasteiger partial charge >= 0.3 is 0 Å². The van der Waals surface area contributed by atoms with Gasteiger partial charge in [0.1, 0.15) is 0 Å². The van der Waals surface area contributed by atoms with Crippen molar-refractivity contribution >= 4 is 32.9 Å². The van der Waals surface area contributed by atoms with E-state index in [0.29, 0.717) is 11.7 Å². The molecule has 116 valence electrons. The zero-order chi connectivity index (χ0) is 16.6. The second-order valence-corrected chi connectivity index (χ2v) is 6.53. The number of aldehydes is 1. The quantitative estimate of drug-likeness (QED) is 0.416. The topological polar surface area (TPSA) is 99.3 Å². The van der Waals surface area contributed by atoms with Gasteiger partial charge in [0, 0.05) is 23.2 Å². The molecule has 0 saturated carbocycles. The minimum atomic E-state index is -4.21. The zero-order valence-electron chi connectivity index (χ0n) is 11.6. The molecule has 0 fully saturated rings. The van der Waals surface area contributed by atoms with Crippen molar-refractivity contribution in [2.75, 3.05) is 0 Å². The standard InChI is InChI=1S/C15H10N2O5S/c18-10-11-9-16(13-6-2-1-5-12(11)13)23(21,22)15-8-4-3-7-14(15)17(19)20/h1-10H. The first-order valence-electron chi connectivity index (χ1n) is 6.51. The largest absolute Gasteiger partial charge is 0.298 e. The van der Waals surface area contributed by atoms with Crippen LogP contribution in [0.1, 0.15) is 10.4 Å². The molecule has 1 heterocycles. The lowest BCUT2D eigenvalue weighted by atomic mass is 10.2. The van der Waals surface area contributed by atoms with Crippen LogP contribution in [0.4, 0.5) is 5.69 Å². The molecule has 0 spiro atoms. The fourth-order valence-corrected chi connectivity index (χ4v) is 3.94. The summed E-state index contributed by atoms with van der Waals surface area (Å²) < 4.78 is 26.6. The number of rotatable bonds is 4. The van der Waals surface area contributed by atoms with Crippen molar-refractivity contribution in [1.29, 1.82) is 0 Å². The van der Waals surface area contributed by atoms with Gasteiger partial charge < -0.3 is 0 Å². The van der Waals surface area contributed by atoms with E-state index in [-0.39, 0.29) is 11.1 Å². The third-order valence-corrected chi connectivity index (χ3v) is 5.16. The summed E-state index contributed by atoms with van der Waals surface area (Å²) in [6, 6.07) is 11.6. The number of nitro groups is 1. The molecular weight excluding hydrogens is 320 g/mol. The average Bonchev–Trinajstić information content (AvgIpc) is 2.94. The molecular formula is C15H10N2O5S. The van der Waals surface area contributed by atoms with Crippen LogP contribution in [-0.4, -0.2) is 23.6 Å². The lowest BCUT2D eigenvalue weighted by Gasteiger charge is -2.07. The molecule has 2 aromatic carbocycles. The summed E-state index contributed by atoms with van der Waals surface area (Å²) in [5.41, 5.74) is -0.0338. The van der Waals surface area contributed by atoms with Gasteiger partial charge in [-0.2, -0.15) is 0 Å². The highest BCUT2D eigenvalue weighted by Gasteiger charge is 2.28. The molecule has 0 amide bonds. The van der Waals surface area contributed by atoms with E-state index < -0.39 is 25.5 Å². The van der Waals surface area contributed by atoms with Gasteiger partial charge in [0.2, 0.25) is 0 Å². The van der Waals surface area contributed by atoms with Gasteiger partial charge in [0.05, 0.1) is 10.4 Å². The number of nitro benzene ring substituents is 1. The molecule has 0 unspecified atom stereocenters. The van der Waals surface area contributed by atoms with Gasteiger partial charge in [-0.25, -0.2) is 12.4 Å². The second-order valence-electron chi connectivity index (χ2n) is 4.75. The van der Waals surface area contributed by atoms with Crippen molar-refractivity contribution in [1.82, 2.24) is 3.97 Å². The van der Waals surface area contributed by atoms with E-state index in [1.54, 1.807) is 18.2 Å². The van der Waals surface area contributed by atoms with E-state index in [1.807, 2.05) is 0 Å². The molecule has 0 aliphatic rings. The summed E-state index contributed by atoms with van der Waals surface area (Å²) in [5.74, 6) is 0. The Bertz CT molecular complexity index is 1040. The molecule has 0 N–H and O–H groups in total. The molecule has 0 saturated heterocycles. The summed E-state index contributed by atoms with van der Waals surface area (Å²) in [6.07, 6.45) is 1.72. The van der Waals surface area contributed by atoms with Crippen LogP contribution < -0.4 is 0 Å². The number of aromatic nitrogens is 1. The number of carbonyl (C=O) groups excluding carboxylic acids is 1. The monoisotopic (exact) mass is 330 g/mol. The summed E-state index contributed by atoms with van der Waals surface area (Å²) in [6.45, 7) is 0. The van der Waals surface area contributed by atoms with Crippen molar-refractivity contribution in [2.24, 2.45) is 0 Å². The normalized spacial score (nSPS) is 11.5. The summed E-state index contributed by atoms with van der Waals surface area (Å²) >= 11 is 0. The predicted molar refractivity (Wildman–Crippen MR) is 83.0 cm³/mol. The lowest BCUT2D eigenvalue weighted by molar-refractivity contribution is -0.387. The first-order chi connectivity index (χ1) is 11.0. The molecule has 0 aliphatic carbocycles. The first kappa shape index (κ1) is 14.9. The highest BCUT2D eigenvalue weighted by Crippen LogP contribution is 2.29. The van der Waals surface area contributed by atoms with E-state index in [2.05, 4.69) is 0 Å². The summed E-state index contributed by atoms with van der Waals surface area (Å²) in [5, 5.41) is 11.6. The maximum absolute atomic E-state index is 12.8. The van der Waals surface area contributed by atoms with Gasteiger partial charge in [-0.1, -0.05) is 30.3 Å². The Kier molecular flexibility index (Phi) is 3.45. The number of carbonyl (C=O) groups is 1. The Labute approximate surface area is 131 Å². The predicted octanol–water partition coefficient (Wildman–Crippen LogP) is 2.60. The number of hydrogen-bond acceptors (Lipinski definition) is 5. The first-order valence-corrected chi connectivity index (χ1v) is 7.95. The Morgan fingerprint density at radius 3 is 2.39 bits per heavy atom. The lowest BCUT2D eigenvalue weighted by Crippen LogP contribution is -2.13. The maximum Gasteiger partial charge on any atom is 0.289 e. The van der Waals surface area contributed by atoms with Gasteiger partial charge in [0.15, 0.2) is 11.2 Å². The molecule has 8 heteroatoms. The van der Waals surface area contributed by atoms with Crippen LogP contribution in [0.15, 0.2) is 59.6 Å². The van der Waals surface area contributed by atoms with Crippen LogP contribution in [0.5, 0.6) is 0 Å². The molecule has 0 atom stereocenters. The third-order valence-electron chi connectivity index (χ3n) is 3.43. The van der Waals surface area contributed by atoms with Crippen LogP contribution in [0, 0.1) is 10.1 Å². The number of para-hydroxylation sites is 2. The third kappa shape index (κ3) is 2.29. The van der Waals surface area contributed by atoms with E-state index in [0.717, 1.165) is 10.0 Å². The summed E-state index contributed by atoms with van der Waals surface area (Å²) in [7, 11) is -4.21. The molecule has 23 heavy (non-hydrogen) atoms. The molecule has 0 radical (unpaired) electrons. The average molecular weight is 330 g/mol. The van der Waals surface area contributed by atoms with Gasteiger partial charge in [-0.3, -0.25) is 14.9 Å². The molecule has 3 aromatic rings. The number of fused-ring (bicyclic) bond motifs is 1. The second kappa shape index (κ2) is 5.33. The van der Waals surface area contributed by atoms with Gasteiger partial charge in [0.25, 0.3) is 15.7 Å². The van der Waals surface area contributed by atoms with E-state index in [9.17, 15) is 23.3 Å². The van der Waals surface area contributed by atoms with Gasteiger partial charge in [-0.05, 0) is 12.1 Å². The van der Waals surface area contributed by atoms with Crippen molar-refractivity contribution < 1.29 is 18.1 Å². The molecule has 1 aromatic heterocycles. The minimum absolute atomic E-state index is 0.197. The van der Waals surface area contributed by atoms with Crippen LogP contribution in [0.3, 0.4) is 0 Å². The van der Waals surface area contributed by atoms with E-state index in [1.165, 1.54) is 30.5 Å². The Morgan fingerprint density at radius 2 is 1.70 bits per heavy atom. The molecule has 7 nitrogen and oxygen atoms in total. The molecule has 0 bridgehead atoms. The SMILES string of the molecule is O=Cc1cn(S(=O)(=O)c2ccccc2[N+](=O)[O-])c2ccccc12. The van der Waals surface area contributed by atoms with E-state index >= 15 is 0 Å². The van der Waals surface area contributed by atoms with Crippen LogP contribution in [0.25, 0.3) is 10.9 Å². The Hall–Kier alpha value is -3.00. The van der Waals surface area contributed by atoms with Crippen molar-refractivity contribution in [3.8, 4) is 0 Å². The smallest absolute Gasteiger partial charge is 0.289 e. The molecule has 0 aliphatic heterocycles. The highest BCUT2D eigenvalue weighted by molar-refractivity contribution is 7.90. The van der Waals surface area contributed by atoms with E-state index in [4.69, 9.17) is 0 Å². The van der Waals surface area contributed by atoms with Crippen LogP contribution >= 0.6 is 0 Å². The fourth-order valence-electron chi connectivity index (χ4n) is 2.40. The zero-order valence-corrected chi connectivity index (χ0v) is 12.4. The van der Waals surface area contributed by atoms with Crippen molar-refractivity contribution in [3.05, 3.63) is 70.4 Å². The minimum Gasteiger partial charge on any atom is -0.298 e. The number of benzene rings is 2. The fraction of sp³-hybridized carbons (Fsp3) is 0.